The van der Waals surface area contributed by atoms with Gasteiger partial charge in [0, 0.05) is 18.8 Å². The molecule has 0 radical (unpaired) electrons. The van der Waals surface area contributed by atoms with Crippen LogP contribution in [-0.2, 0) is 11.2 Å². The highest BCUT2D eigenvalue weighted by atomic mass is 16.2. The highest BCUT2D eigenvalue weighted by Gasteiger charge is 2.14. The minimum absolute atomic E-state index is 0.0934. The summed E-state index contributed by atoms with van der Waals surface area (Å²) in [5.74, 6) is 0.0934. The van der Waals surface area contributed by atoms with E-state index in [1.165, 1.54) is 5.56 Å². The van der Waals surface area contributed by atoms with Crippen molar-refractivity contribution in [3.63, 3.8) is 0 Å². The molecule has 2 rings (SSSR count). The predicted molar refractivity (Wildman–Crippen MR) is 83.1 cm³/mol. The van der Waals surface area contributed by atoms with E-state index < -0.39 is 0 Å². The SMILES string of the molecule is CCc1cccc(C)c1NC(=O)CN1CCCNCC1. The van der Waals surface area contributed by atoms with E-state index in [0.29, 0.717) is 6.54 Å². The Kier molecular flexibility index (Phi) is 5.56. The van der Waals surface area contributed by atoms with Crippen molar-refractivity contribution >= 4 is 11.6 Å². The fourth-order valence-corrected chi connectivity index (χ4v) is 2.64. The molecule has 1 aliphatic rings. The predicted octanol–water partition coefficient (Wildman–Crippen LogP) is 1.79. The van der Waals surface area contributed by atoms with Crippen LogP contribution in [0.25, 0.3) is 0 Å². The molecule has 4 nitrogen and oxygen atoms in total. The molecule has 1 aromatic carbocycles. The molecule has 4 heteroatoms. The Morgan fingerprint density at radius 1 is 1.35 bits per heavy atom. The summed E-state index contributed by atoms with van der Waals surface area (Å²) < 4.78 is 0. The molecule has 0 saturated carbocycles. The van der Waals surface area contributed by atoms with Gasteiger partial charge in [-0.15, -0.1) is 0 Å². The molecule has 0 aromatic heterocycles. The highest BCUT2D eigenvalue weighted by molar-refractivity contribution is 5.93. The zero-order valence-corrected chi connectivity index (χ0v) is 12.5. The smallest absolute Gasteiger partial charge is 0.238 e. The molecule has 1 saturated heterocycles. The van der Waals surface area contributed by atoms with E-state index in [-0.39, 0.29) is 5.91 Å². The number of benzene rings is 1. The van der Waals surface area contributed by atoms with E-state index in [0.717, 1.165) is 50.3 Å². The van der Waals surface area contributed by atoms with Gasteiger partial charge in [0.1, 0.15) is 0 Å². The number of anilines is 1. The fourth-order valence-electron chi connectivity index (χ4n) is 2.64. The van der Waals surface area contributed by atoms with Gasteiger partial charge < -0.3 is 10.6 Å². The van der Waals surface area contributed by atoms with Crippen LogP contribution in [0.3, 0.4) is 0 Å². The summed E-state index contributed by atoms with van der Waals surface area (Å²) in [5, 5.41) is 6.45. The van der Waals surface area contributed by atoms with Crippen LogP contribution in [0.4, 0.5) is 5.69 Å². The van der Waals surface area contributed by atoms with Crippen molar-refractivity contribution in [2.24, 2.45) is 0 Å². The summed E-state index contributed by atoms with van der Waals surface area (Å²) in [4.78, 5) is 14.5. The van der Waals surface area contributed by atoms with E-state index in [2.05, 4.69) is 28.5 Å². The van der Waals surface area contributed by atoms with Crippen molar-refractivity contribution in [2.75, 3.05) is 38.0 Å². The fraction of sp³-hybridized carbons (Fsp3) is 0.562. The molecule has 0 spiro atoms. The lowest BCUT2D eigenvalue weighted by molar-refractivity contribution is -0.117. The molecule has 0 aliphatic carbocycles. The maximum absolute atomic E-state index is 12.2. The summed E-state index contributed by atoms with van der Waals surface area (Å²) in [7, 11) is 0. The van der Waals surface area contributed by atoms with Crippen molar-refractivity contribution in [2.45, 2.75) is 26.7 Å². The van der Waals surface area contributed by atoms with Gasteiger partial charge in [-0.2, -0.15) is 0 Å². The Morgan fingerprint density at radius 3 is 3.00 bits per heavy atom. The highest BCUT2D eigenvalue weighted by Crippen LogP contribution is 2.20. The van der Waals surface area contributed by atoms with Crippen LogP contribution in [0.2, 0.25) is 0 Å². The number of hydrogen-bond acceptors (Lipinski definition) is 3. The van der Waals surface area contributed by atoms with Crippen LogP contribution in [0.5, 0.6) is 0 Å². The molecular formula is C16H25N3O. The Labute approximate surface area is 121 Å². The van der Waals surface area contributed by atoms with Crippen LogP contribution in [0, 0.1) is 6.92 Å². The molecule has 0 bridgehead atoms. The van der Waals surface area contributed by atoms with Gasteiger partial charge >= 0.3 is 0 Å². The van der Waals surface area contributed by atoms with Crippen LogP contribution >= 0.6 is 0 Å². The minimum Gasteiger partial charge on any atom is -0.324 e. The first-order chi connectivity index (χ1) is 9.70. The summed E-state index contributed by atoms with van der Waals surface area (Å²) >= 11 is 0. The van der Waals surface area contributed by atoms with Gasteiger partial charge in [0.05, 0.1) is 6.54 Å². The maximum atomic E-state index is 12.2. The molecule has 20 heavy (non-hydrogen) atoms. The van der Waals surface area contributed by atoms with E-state index in [9.17, 15) is 4.79 Å². The number of nitrogens with zero attached hydrogens (tertiary/aromatic N) is 1. The third kappa shape index (κ3) is 4.05. The molecule has 1 aliphatic heterocycles. The second-order valence-corrected chi connectivity index (χ2v) is 5.39. The van der Waals surface area contributed by atoms with E-state index in [1.54, 1.807) is 0 Å². The lowest BCUT2D eigenvalue weighted by Crippen LogP contribution is -2.35. The monoisotopic (exact) mass is 275 g/mol. The first kappa shape index (κ1) is 15.0. The number of nitrogens with one attached hydrogen (secondary N) is 2. The minimum atomic E-state index is 0.0934. The quantitative estimate of drug-likeness (QED) is 0.880. The van der Waals surface area contributed by atoms with E-state index in [1.807, 2.05) is 19.1 Å². The standard InChI is InChI=1S/C16H25N3O/c1-3-14-7-4-6-13(2)16(14)18-15(20)12-19-10-5-8-17-9-11-19/h4,6-7,17H,3,5,8-12H2,1-2H3,(H,18,20). The average molecular weight is 275 g/mol. The molecule has 1 aromatic rings. The largest absolute Gasteiger partial charge is 0.324 e. The maximum Gasteiger partial charge on any atom is 0.238 e. The molecule has 2 N–H and O–H groups in total. The Hall–Kier alpha value is -1.39. The van der Waals surface area contributed by atoms with E-state index in [4.69, 9.17) is 0 Å². The number of carbonyl (C=O) groups excluding carboxylic acids is 1. The lowest BCUT2D eigenvalue weighted by atomic mass is 10.1. The number of aryl methyl sites for hydroxylation is 2. The van der Waals surface area contributed by atoms with Gasteiger partial charge in [-0.3, -0.25) is 9.69 Å². The van der Waals surface area contributed by atoms with Crippen molar-refractivity contribution in [3.8, 4) is 0 Å². The Balaban J connectivity index is 1.97. The van der Waals surface area contributed by atoms with Crippen molar-refractivity contribution in [1.82, 2.24) is 10.2 Å². The Bertz CT molecular complexity index is 451. The average Bonchev–Trinajstić information content (AvgIpc) is 2.69. The van der Waals surface area contributed by atoms with Gasteiger partial charge in [0.25, 0.3) is 0 Å². The van der Waals surface area contributed by atoms with E-state index >= 15 is 0 Å². The summed E-state index contributed by atoms with van der Waals surface area (Å²) in [5.41, 5.74) is 3.33. The van der Waals surface area contributed by atoms with Crippen LogP contribution in [0.15, 0.2) is 18.2 Å². The third-order valence-electron chi connectivity index (χ3n) is 3.80. The van der Waals surface area contributed by atoms with Gasteiger partial charge in [-0.25, -0.2) is 0 Å². The molecule has 0 unspecified atom stereocenters. The molecule has 1 amide bonds. The number of rotatable bonds is 4. The molecule has 110 valence electrons. The Morgan fingerprint density at radius 2 is 2.20 bits per heavy atom. The van der Waals surface area contributed by atoms with Gasteiger partial charge in [0.2, 0.25) is 5.91 Å². The number of amides is 1. The van der Waals surface area contributed by atoms with Crippen molar-refractivity contribution in [1.29, 1.82) is 0 Å². The molecule has 0 atom stereocenters. The third-order valence-corrected chi connectivity index (χ3v) is 3.80. The van der Waals surface area contributed by atoms with Crippen LogP contribution < -0.4 is 10.6 Å². The zero-order chi connectivity index (χ0) is 14.4. The van der Waals surface area contributed by atoms with Crippen LogP contribution in [-0.4, -0.2) is 43.5 Å². The van der Waals surface area contributed by atoms with Crippen molar-refractivity contribution in [3.05, 3.63) is 29.3 Å². The zero-order valence-electron chi connectivity index (χ0n) is 12.5. The first-order valence-electron chi connectivity index (χ1n) is 7.52. The normalized spacial score (nSPS) is 16.7. The first-order valence-corrected chi connectivity index (χ1v) is 7.52. The molecular weight excluding hydrogens is 250 g/mol. The second-order valence-electron chi connectivity index (χ2n) is 5.39. The molecule has 1 heterocycles. The topological polar surface area (TPSA) is 44.4 Å². The summed E-state index contributed by atoms with van der Waals surface area (Å²) in [6, 6.07) is 6.17. The van der Waals surface area contributed by atoms with Gasteiger partial charge in [0.15, 0.2) is 0 Å². The number of para-hydroxylation sites is 1. The number of hydrogen-bond donors (Lipinski definition) is 2. The molecule has 1 fully saturated rings. The van der Waals surface area contributed by atoms with Crippen molar-refractivity contribution < 1.29 is 4.79 Å². The summed E-state index contributed by atoms with van der Waals surface area (Å²) in [6.07, 6.45) is 2.04. The second kappa shape index (κ2) is 7.41. The van der Waals surface area contributed by atoms with Crippen LogP contribution in [0.1, 0.15) is 24.5 Å². The lowest BCUT2D eigenvalue weighted by Gasteiger charge is -2.20. The number of carbonyl (C=O) groups is 1. The van der Waals surface area contributed by atoms with Gasteiger partial charge in [-0.1, -0.05) is 25.1 Å². The van der Waals surface area contributed by atoms with Gasteiger partial charge in [-0.05, 0) is 44.0 Å². The summed E-state index contributed by atoms with van der Waals surface area (Å²) in [6.45, 7) is 8.61.